The molecule has 19 heavy (non-hydrogen) atoms. The van der Waals surface area contributed by atoms with Gasteiger partial charge in [-0.25, -0.2) is 0 Å². The van der Waals surface area contributed by atoms with Crippen LogP contribution in [0.3, 0.4) is 0 Å². The summed E-state index contributed by atoms with van der Waals surface area (Å²) in [6, 6.07) is 4.28. The molecule has 2 aliphatic rings. The standard InChI is InChI=1S/C16H22ClNO/c1-10-7-12(17)8-11(2)15(10)19-14-9-13(18)16(14)5-3-4-6-16/h7-8,13-14H,3-6,9,18H2,1-2H3. The third-order valence-corrected chi connectivity index (χ3v) is 5.29. The molecule has 0 saturated heterocycles. The van der Waals surface area contributed by atoms with E-state index >= 15 is 0 Å². The van der Waals surface area contributed by atoms with Crippen molar-refractivity contribution in [3.63, 3.8) is 0 Å². The Kier molecular flexibility index (Phi) is 3.26. The number of hydrogen-bond acceptors (Lipinski definition) is 2. The van der Waals surface area contributed by atoms with Gasteiger partial charge in [-0.05, 0) is 49.9 Å². The van der Waals surface area contributed by atoms with Crippen LogP contribution in [0.1, 0.15) is 43.2 Å². The maximum atomic E-state index is 6.34. The van der Waals surface area contributed by atoms with Crippen molar-refractivity contribution < 1.29 is 4.74 Å². The Morgan fingerprint density at radius 3 is 2.32 bits per heavy atom. The first-order valence-electron chi connectivity index (χ1n) is 7.22. The Labute approximate surface area is 120 Å². The number of hydrogen-bond donors (Lipinski definition) is 1. The minimum Gasteiger partial charge on any atom is -0.489 e. The fraction of sp³-hybridized carbons (Fsp3) is 0.625. The van der Waals surface area contributed by atoms with Crippen molar-refractivity contribution in [2.24, 2.45) is 11.1 Å². The lowest BCUT2D eigenvalue weighted by molar-refractivity contribution is -0.0626. The van der Waals surface area contributed by atoms with Crippen molar-refractivity contribution in [1.29, 1.82) is 0 Å². The fourth-order valence-electron chi connectivity index (χ4n) is 3.90. The minimum absolute atomic E-state index is 0.249. The molecule has 0 amide bonds. The average molecular weight is 280 g/mol. The van der Waals surface area contributed by atoms with E-state index in [1.54, 1.807) is 0 Å². The van der Waals surface area contributed by atoms with E-state index in [9.17, 15) is 0 Å². The van der Waals surface area contributed by atoms with Crippen LogP contribution in [0.25, 0.3) is 0 Å². The number of halogens is 1. The van der Waals surface area contributed by atoms with Crippen LogP contribution < -0.4 is 10.5 Å². The summed E-state index contributed by atoms with van der Waals surface area (Å²) in [5.41, 5.74) is 8.76. The van der Waals surface area contributed by atoms with E-state index in [-0.39, 0.29) is 5.41 Å². The van der Waals surface area contributed by atoms with Gasteiger partial charge in [-0.1, -0.05) is 24.4 Å². The molecule has 2 fully saturated rings. The van der Waals surface area contributed by atoms with Crippen LogP contribution in [0.15, 0.2) is 12.1 Å². The van der Waals surface area contributed by atoms with Crippen LogP contribution in [0, 0.1) is 19.3 Å². The lowest BCUT2D eigenvalue weighted by Crippen LogP contribution is -2.62. The molecule has 0 radical (unpaired) electrons. The molecule has 1 spiro atoms. The Morgan fingerprint density at radius 2 is 1.79 bits per heavy atom. The van der Waals surface area contributed by atoms with Gasteiger partial charge in [0.25, 0.3) is 0 Å². The predicted octanol–water partition coefficient (Wildman–Crippen LogP) is 4.00. The van der Waals surface area contributed by atoms with Crippen LogP contribution in [0.4, 0.5) is 0 Å². The molecule has 2 nitrogen and oxygen atoms in total. The highest BCUT2D eigenvalue weighted by Crippen LogP contribution is 2.54. The van der Waals surface area contributed by atoms with E-state index in [4.69, 9.17) is 22.1 Å². The van der Waals surface area contributed by atoms with Gasteiger partial charge in [-0.3, -0.25) is 0 Å². The second kappa shape index (κ2) is 4.68. The van der Waals surface area contributed by atoms with Gasteiger partial charge in [0.2, 0.25) is 0 Å². The van der Waals surface area contributed by atoms with Crippen LogP contribution in [0.5, 0.6) is 5.75 Å². The number of rotatable bonds is 2. The third kappa shape index (κ3) is 2.05. The van der Waals surface area contributed by atoms with E-state index in [1.165, 1.54) is 25.7 Å². The molecule has 2 atom stereocenters. The SMILES string of the molecule is Cc1cc(Cl)cc(C)c1OC1CC(N)C12CCCC2. The molecular formula is C16H22ClNO. The quantitative estimate of drug-likeness (QED) is 0.888. The monoisotopic (exact) mass is 279 g/mol. The zero-order valence-electron chi connectivity index (χ0n) is 11.7. The van der Waals surface area contributed by atoms with Crippen molar-refractivity contribution in [3.8, 4) is 5.75 Å². The van der Waals surface area contributed by atoms with E-state index in [0.717, 1.165) is 28.3 Å². The molecule has 2 N–H and O–H groups in total. The van der Waals surface area contributed by atoms with E-state index in [1.807, 2.05) is 12.1 Å². The summed E-state index contributed by atoms with van der Waals surface area (Å²) < 4.78 is 6.34. The summed E-state index contributed by atoms with van der Waals surface area (Å²) in [4.78, 5) is 0. The Balaban J connectivity index is 1.83. The lowest BCUT2D eigenvalue weighted by Gasteiger charge is -2.52. The number of nitrogens with two attached hydrogens (primary N) is 1. The van der Waals surface area contributed by atoms with Crippen molar-refractivity contribution >= 4 is 11.6 Å². The topological polar surface area (TPSA) is 35.2 Å². The van der Waals surface area contributed by atoms with Gasteiger partial charge in [0.15, 0.2) is 0 Å². The molecule has 3 rings (SSSR count). The maximum absolute atomic E-state index is 6.34. The van der Waals surface area contributed by atoms with Gasteiger partial charge in [0, 0.05) is 22.9 Å². The minimum atomic E-state index is 0.249. The van der Waals surface area contributed by atoms with Gasteiger partial charge in [-0.2, -0.15) is 0 Å². The molecule has 104 valence electrons. The third-order valence-electron chi connectivity index (χ3n) is 5.07. The van der Waals surface area contributed by atoms with Gasteiger partial charge in [0.05, 0.1) is 0 Å². The lowest BCUT2D eigenvalue weighted by atomic mass is 9.61. The molecule has 2 aliphatic carbocycles. The van der Waals surface area contributed by atoms with Crippen molar-refractivity contribution in [1.82, 2.24) is 0 Å². The van der Waals surface area contributed by atoms with E-state index < -0.39 is 0 Å². The average Bonchev–Trinajstić information content (AvgIpc) is 2.84. The zero-order chi connectivity index (χ0) is 13.6. The summed E-state index contributed by atoms with van der Waals surface area (Å²) in [5.74, 6) is 1.01. The molecular weight excluding hydrogens is 258 g/mol. The first-order valence-corrected chi connectivity index (χ1v) is 7.60. The molecule has 3 heteroatoms. The van der Waals surface area contributed by atoms with Crippen molar-refractivity contribution in [2.45, 2.75) is 58.1 Å². The van der Waals surface area contributed by atoms with Crippen LogP contribution in [0.2, 0.25) is 5.02 Å². The summed E-state index contributed by atoms with van der Waals surface area (Å²) in [5, 5.41) is 0.781. The largest absolute Gasteiger partial charge is 0.489 e. The first-order chi connectivity index (χ1) is 9.03. The van der Waals surface area contributed by atoms with Crippen LogP contribution >= 0.6 is 11.6 Å². The summed E-state index contributed by atoms with van der Waals surface area (Å²) in [6.45, 7) is 4.13. The predicted molar refractivity (Wildman–Crippen MR) is 78.8 cm³/mol. The zero-order valence-corrected chi connectivity index (χ0v) is 12.5. The molecule has 0 heterocycles. The van der Waals surface area contributed by atoms with E-state index in [0.29, 0.717) is 12.1 Å². The van der Waals surface area contributed by atoms with Gasteiger partial charge in [0.1, 0.15) is 11.9 Å². The van der Waals surface area contributed by atoms with Crippen molar-refractivity contribution in [2.75, 3.05) is 0 Å². The molecule has 1 aromatic carbocycles. The Hall–Kier alpha value is -0.730. The molecule has 2 saturated carbocycles. The van der Waals surface area contributed by atoms with E-state index in [2.05, 4.69) is 13.8 Å². The van der Waals surface area contributed by atoms with Gasteiger partial charge in [-0.15, -0.1) is 0 Å². The Bertz CT molecular complexity index is 471. The second-order valence-corrected chi connectivity index (χ2v) is 6.69. The summed E-state index contributed by atoms with van der Waals surface area (Å²) >= 11 is 6.07. The molecule has 0 aromatic heterocycles. The first kappa shape index (κ1) is 13.3. The molecule has 0 bridgehead atoms. The summed E-state index contributed by atoms with van der Waals surface area (Å²) in [7, 11) is 0. The maximum Gasteiger partial charge on any atom is 0.125 e. The van der Waals surface area contributed by atoms with Crippen LogP contribution in [-0.4, -0.2) is 12.1 Å². The number of benzene rings is 1. The fourth-order valence-corrected chi connectivity index (χ4v) is 4.22. The highest BCUT2D eigenvalue weighted by atomic mass is 35.5. The van der Waals surface area contributed by atoms with Gasteiger partial charge < -0.3 is 10.5 Å². The highest BCUT2D eigenvalue weighted by Gasteiger charge is 2.56. The second-order valence-electron chi connectivity index (χ2n) is 6.26. The summed E-state index contributed by atoms with van der Waals surface area (Å²) in [6.07, 6.45) is 6.33. The Morgan fingerprint density at radius 1 is 1.21 bits per heavy atom. The van der Waals surface area contributed by atoms with Crippen LogP contribution in [-0.2, 0) is 0 Å². The highest BCUT2D eigenvalue weighted by molar-refractivity contribution is 6.30. The molecule has 0 aliphatic heterocycles. The smallest absolute Gasteiger partial charge is 0.125 e. The van der Waals surface area contributed by atoms with Gasteiger partial charge >= 0.3 is 0 Å². The molecule has 1 aromatic rings. The number of ether oxygens (including phenoxy) is 1. The number of aryl methyl sites for hydroxylation is 2. The molecule has 2 unspecified atom stereocenters. The van der Waals surface area contributed by atoms with Crippen molar-refractivity contribution in [3.05, 3.63) is 28.3 Å². The normalized spacial score (nSPS) is 28.4.